The van der Waals surface area contributed by atoms with Gasteiger partial charge < -0.3 is 11.1 Å². The average Bonchev–Trinajstić information content (AvgIpc) is 2.45. The number of rotatable bonds is 4. The molecule has 0 aromatic heterocycles. The molecule has 0 radical (unpaired) electrons. The summed E-state index contributed by atoms with van der Waals surface area (Å²) in [7, 11) is 0. The Kier molecular flexibility index (Phi) is 5.13. The average molecular weight is 313 g/mol. The minimum Gasteiger partial charge on any atom is -0.393 e. The third-order valence-electron chi connectivity index (χ3n) is 2.87. The van der Waals surface area contributed by atoms with Crippen LogP contribution in [0.25, 0.3) is 0 Å². The van der Waals surface area contributed by atoms with Gasteiger partial charge in [0.15, 0.2) is 0 Å². The van der Waals surface area contributed by atoms with Crippen LogP contribution in [0, 0.1) is 10.1 Å². The smallest absolute Gasteiger partial charge is 0.304 e. The summed E-state index contributed by atoms with van der Waals surface area (Å²) in [6.45, 7) is 0.516. The van der Waals surface area contributed by atoms with E-state index in [9.17, 15) is 14.9 Å². The molecular formula is C12H15N3O3S2. The van der Waals surface area contributed by atoms with Crippen LogP contribution in [0.4, 0.5) is 11.4 Å². The van der Waals surface area contributed by atoms with Crippen molar-refractivity contribution >= 4 is 40.8 Å². The molecule has 1 aliphatic heterocycles. The topological polar surface area (TPSA) is 98.3 Å². The fourth-order valence-corrected chi connectivity index (χ4v) is 4.52. The number of carbonyl (C=O) groups excluding carboxylic acids is 1. The number of para-hydroxylation sites is 1. The van der Waals surface area contributed by atoms with Crippen molar-refractivity contribution < 1.29 is 9.72 Å². The molecule has 2 rings (SSSR count). The maximum absolute atomic E-state index is 12.1. The molecule has 0 saturated carbocycles. The van der Waals surface area contributed by atoms with Gasteiger partial charge in [0, 0.05) is 29.1 Å². The number of nitrogens with two attached hydrogens (primary N) is 1. The van der Waals surface area contributed by atoms with Gasteiger partial charge in [0.2, 0.25) is 0 Å². The molecule has 1 amide bonds. The maximum Gasteiger partial charge on any atom is 0.304 e. The van der Waals surface area contributed by atoms with Crippen LogP contribution in [-0.4, -0.2) is 39.9 Å². The Morgan fingerprint density at radius 1 is 1.50 bits per heavy atom. The van der Waals surface area contributed by atoms with Crippen molar-refractivity contribution in [3.05, 3.63) is 33.9 Å². The van der Waals surface area contributed by atoms with E-state index in [0.717, 1.165) is 17.3 Å². The number of nitrogens with zero attached hydrogens (tertiary/aromatic N) is 1. The first kappa shape index (κ1) is 15.0. The molecule has 1 aromatic rings. The summed E-state index contributed by atoms with van der Waals surface area (Å²) in [5, 5.41) is 14.1. The van der Waals surface area contributed by atoms with Crippen LogP contribution in [0.2, 0.25) is 0 Å². The first-order valence-corrected chi connectivity index (χ1v) is 8.30. The van der Waals surface area contributed by atoms with Crippen LogP contribution in [0.15, 0.2) is 18.2 Å². The van der Waals surface area contributed by atoms with Crippen molar-refractivity contribution in [1.29, 1.82) is 0 Å². The number of nitrogens with one attached hydrogen (secondary N) is 1. The fraction of sp³-hybridized carbons (Fsp3) is 0.417. The predicted molar refractivity (Wildman–Crippen MR) is 83.4 cm³/mol. The zero-order chi connectivity index (χ0) is 14.5. The second kappa shape index (κ2) is 6.85. The van der Waals surface area contributed by atoms with Gasteiger partial charge in [-0.3, -0.25) is 14.9 Å². The third kappa shape index (κ3) is 3.57. The van der Waals surface area contributed by atoms with Crippen molar-refractivity contribution in [3.63, 3.8) is 0 Å². The summed E-state index contributed by atoms with van der Waals surface area (Å²) in [5.74, 6) is 2.75. The number of hydrogen-bond donors (Lipinski definition) is 2. The molecule has 1 aliphatic rings. The molecule has 0 bridgehead atoms. The van der Waals surface area contributed by atoms with Gasteiger partial charge in [0.05, 0.1) is 4.92 Å². The number of thioether (sulfide) groups is 2. The van der Waals surface area contributed by atoms with E-state index in [1.807, 2.05) is 23.5 Å². The Hall–Kier alpha value is -1.41. The zero-order valence-electron chi connectivity index (χ0n) is 10.7. The lowest BCUT2D eigenvalue weighted by Crippen LogP contribution is -2.33. The number of benzene rings is 1. The monoisotopic (exact) mass is 313 g/mol. The second-order valence-electron chi connectivity index (χ2n) is 4.28. The Morgan fingerprint density at radius 2 is 2.30 bits per heavy atom. The number of nitro groups is 1. The van der Waals surface area contributed by atoms with Gasteiger partial charge in [-0.25, -0.2) is 0 Å². The van der Waals surface area contributed by atoms with Crippen LogP contribution >= 0.6 is 23.5 Å². The van der Waals surface area contributed by atoms with E-state index < -0.39 is 10.8 Å². The largest absolute Gasteiger partial charge is 0.393 e. The number of anilines is 1. The summed E-state index contributed by atoms with van der Waals surface area (Å²) in [6, 6.07) is 4.39. The van der Waals surface area contributed by atoms with Gasteiger partial charge in [-0.1, -0.05) is 6.07 Å². The second-order valence-corrected chi connectivity index (χ2v) is 6.84. The van der Waals surface area contributed by atoms with E-state index in [1.54, 1.807) is 6.07 Å². The molecule has 1 aromatic carbocycles. The third-order valence-corrected chi connectivity index (χ3v) is 5.71. The van der Waals surface area contributed by atoms with E-state index in [-0.39, 0.29) is 16.9 Å². The van der Waals surface area contributed by atoms with E-state index in [2.05, 4.69) is 5.32 Å². The maximum atomic E-state index is 12.1. The summed E-state index contributed by atoms with van der Waals surface area (Å²) >= 11 is 3.68. The lowest BCUT2D eigenvalue weighted by molar-refractivity contribution is -0.384. The molecule has 0 spiro atoms. The number of nitrogen functional groups attached to an aromatic ring is 1. The molecule has 1 saturated heterocycles. The Labute approximate surface area is 125 Å². The lowest BCUT2D eigenvalue weighted by Gasteiger charge is -2.21. The number of carbonyl (C=O) groups is 1. The summed E-state index contributed by atoms with van der Waals surface area (Å²) < 4.78 is 0. The highest BCUT2D eigenvalue weighted by Gasteiger charge is 2.24. The van der Waals surface area contributed by atoms with Crippen molar-refractivity contribution in [2.75, 3.05) is 29.5 Å². The van der Waals surface area contributed by atoms with Crippen LogP contribution in [-0.2, 0) is 0 Å². The highest BCUT2D eigenvalue weighted by atomic mass is 32.2. The molecule has 1 atom stereocenters. The van der Waals surface area contributed by atoms with Gasteiger partial charge in [-0.05, 0) is 12.1 Å². The Bertz CT molecular complexity index is 519. The Balaban J connectivity index is 2.05. The van der Waals surface area contributed by atoms with Crippen molar-refractivity contribution in [1.82, 2.24) is 5.32 Å². The fourth-order valence-electron chi connectivity index (χ4n) is 1.90. The van der Waals surface area contributed by atoms with Gasteiger partial charge in [-0.15, -0.1) is 0 Å². The first-order valence-electron chi connectivity index (χ1n) is 6.10. The summed E-state index contributed by atoms with van der Waals surface area (Å²) in [6.07, 6.45) is 0. The molecular weight excluding hydrogens is 298 g/mol. The van der Waals surface area contributed by atoms with Crippen LogP contribution < -0.4 is 11.1 Å². The highest BCUT2D eigenvalue weighted by molar-refractivity contribution is 8.06. The molecule has 0 aliphatic carbocycles. The molecule has 3 N–H and O–H groups in total. The molecule has 6 nitrogen and oxygen atoms in total. The molecule has 20 heavy (non-hydrogen) atoms. The molecule has 1 unspecified atom stereocenters. The minimum atomic E-state index is -0.616. The van der Waals surface area contributed by atoms with Crippen molar-refractivity contribution in [3.8, 4) is 0 Å². The molecule has 108 valence electrons. The minimum absolute atomic E-state index is 0.00486. The van der Waals surface area contributed by atoms with Crippen LogP contribution in [0.1, 0.15) is 10.4 Å². The van der Waals surface area contributed by atoms with E-state index >= 15 is 0 Å². The molecule has 1 heterocycles. The highest BCUT2D eigenvalue weighted by Crippen LogP contribution is 2.26. The van der Waals surface area contributed by atoms with Gasteiger partial charge >= 0.3 is 5.69 Å². The van der Waals surface area contributed by atoms with E-state index in [4.69, 9.17) is 5.73 Å². The molecule has 8 heteroatoms. The first-order chi connectivity index (χ1) is 9.59. The quantitative estimate of drug-likeness (QED) is 0.499. The SMILES string of the molecule is Nc1cccc(C(=O)NCC2CSCCS2)c1[N+](=O)[O-]. The summed E-state index contributed by atoms with van der Waals surface area (Å²) in [5.41, 5.74) is 5.27. The van der Waals surface area contributed by atoms with E-state index in [1.165, 1.54) is 12.1 Å². The van der Waals surface area contributed by atoms with Gasteiger partial charge in [-0.2, -0.15) is 23.5 Å². The van der Waals surface area contributed by atoms with Crippen LogP contribution in [0.5, 0.6) is 0 Å². The number of amides is 1. The Morgan fingerprint density at radius 3 is 2.95 bits per heavy atom. The predicted octanol–water partition coefficient (Wildman–Crippen LogP) is 1.76. The summed E-state index contributed by atoms with van der Waals surface area (Å²) in [4.78, 5) is 22.5. The molecule has 1 fully saturated rings. The van der Waals surface area contributed by atoms with Crippen LogP contribution in [0.3, 0.4) is 0 Å². The normalized spacial score (nSPS) is 18.5. The van der Waals surface area contributed by atoms with Crippen molar-refractivity contribution in [2.45, 2.75) is 5.25 Å². The van der Waals surface area contributed by atoms with Gasteiger partial charge in [0.1, 0.15) is 11.3 Å². The van der Waals surface area contributed by atoms with Gasteiger partial charge in [0.25, 0.3) is 5.91 Å². The standard InChI is InChI=1S/C12H15N3O3S2/c13-10-3-1-2-9(11(10)15(17)18)12(16)14-6-8-7-19-4-5-20-8/h1-3,8H,4-7,13H2,(H,14,16). The number of nitro benzene ring substituents is 1. The number of hydrogen-bond acceptors (Lipinski definition) is 6. The lowest BCUT2D eigenvalue weighted by atomic mass is 10.1. The van der Waals surface area contributed by atoms with E-state index in [0.29, 0.717) is 11.8 Å². The zero-order valence-corrected chi connectivity index (χ0v) is 12.3. The van der Waals surface area contributed by atoms with Crippen molar-refractivity contribution in [2.24, 2.45) is 0 Å².